The fourth-order valence-corrected chi connectivity index (χ4v) is 2.26. The summed E-state index contributed by atoms with van der Waals surface area (Å²) >= 11 is 0. The monoisotopic (exact) mass is 226 g/mol. The lowest BCUT2D eigenvalue weighted by atomic mass is 9.70. The normalized spacial score (nSPS) is 30.7. The highest BCUT2D eigenvalue weighted by Crippen LogP contribution is 2.32. The van der Waals surface area contributed by atoms with Gasteiger partial charge in [-0.15, -0.1) is 0 Å². The van der Waals surface area contributed by atoms with Crippen LogP contribution in [0.1, 0.15) is 27.2 Å². The zero-order chi connectivity index (χ0) is 12.5. The van der Waals surface area contributed by atoms with Gasteiger partial charge in [0.1, 0.15) is 11.7 Å². The van der Waals surface area contributed by atoms with Crippen LogP contribution < -0.4 is 0 Å². The molecule has 3 unspecified atom stereocenters. The van der Waals surface area contributed by atoms with Gasteiger partial charge in [-0.1, -0.05) is 20.8 Å². The van der Waals surface area contributed by atoms with E-state index in [0.717, 1.165) is 0 Å². The first-order chi connectivity index (χ1) is 7.40. The van der Waals surface area contributed by atoms with Crippen LogP contribution in [0.15, 0.2) is 0 Å². The molecule has 0 aromatic carbocycles. The van der Waals surface area contributed by atoms with Crippen LogP contribution in [0.2, 0.25) is 0 Å². The lowest BCUT2D eigenvalue weighted by Crippen LogP contribution is -2.45. The van der Waals surface area contributed by atoms with Crippen LogP contribution in [0.25, 0.3) is 0 Å². The van der Waals surface area contributed by atoms with E-state index in [1.807, 2.05) is 13.8 Å². The molecule has 4 heteroatoms. The van der Waals surface area contributed by atoms with Crippen molar-refractivity contribution < 1.29 is 19.1 Å². The summed E-state index contributed by atoms with van der Waals surface area (Å²) < 4.78 is 4.60. The standard InChI is InChI=1S/C12H18O4/c1-6(2)9-10(13)7(3)5-8(11(9)14)12(15)16-4/h6-9H,5H2,1-4H3. The van der Waals surface area contributed by atoms with Crippen molar-refractivity contribution in [1.29, 1.82) is 0 Å². The molecule has 1 aliphatic rings. The lowest BCUT2D eigenvalue weighted by molar-refractivity contribution is -0.156. The van der Waals surface area contributed by atoms with Crippen molar-refractivity contribution >= 4 is 17.5 Å². The summed E-state index contributed by atoms with van der Waals surface area (Å²) in [6.07, 6.45) is 0.285. The zero-order valence-corrected chi connectivity index (χ0v) is 10.1. The Balaban J connectivity index is 2.98. The smallest absolute Gasteiger partial charge is 0.316 e. The molecule has 1 saturated carbocycles. The quantitative estimate of drug-likeness (QED) is 0.525. The van der Waals surface area contributed by atoms with Crippen molar-refractivity contribution in [2.75, 3.05) is 7.11 Å². The summed E-state index contributed by atoms with van der Waals surface area (Å²) in [5, 5.41) is 0. The number of carbonyl (C=O) groups excluding carboxylic acids is 3. The molecule has 3 atom stereocenters. The van der Waals surface area contributed by atoms with E-state index >= 15 is 0 Å². The lowest BCUT2D eigenvalue weighted by Gasteiger charge is -2.31. The molecule has 0 heterocycles. The number of esters is 1. The summed E-state index contributed by atoms with van der Waals surface area (Å²) in [7, 11) is 1.26. The molecule has 1 fully saturated rings. The molecule has 0 aromatic rings. The summed E-state index contributed by atoms with van der Waals surface area (Å²) in [6.45, 7) is 5.42. The van der Waals surface area contributed by atoms with E-state index < -0.39 is 17.8 Å². The summed E-state index contributed by atoms with van der Waals surface area (Å²) in [5.74, 6) is -2.54. The molecule has 1 rings (SSSR count). The largest absolute Gasteiger partial charge is 0.468 e. The molecule has 0 bridgehead atoms. The Morgan fingerprint density at radius 1 is 1.31 bits per heavy atom. The minimum Gasteiger partial charge on any atom is -0.468 e. The van der Waals surface area contributed by atoms with Gasteiger partial charge in [-0.3, -0.25) is 14.4 Å². The minimum absolute atomic E-state index is 0.0415. The predicted octanol–water partition coefficient (Wildman–Crippen LogP) is 1.23. The van der Waals surface area contributed by atoms with Gasteiger partial charge in [0, 0.05) is 5.92 Å². The minimum atomic E-state index is -0.759. The zero-order valence-electron chi connectivity index (χ0n) is 10.1. The first-order valence-electron chi connectivity index (χ1n) is 5.55. The van der Waals surface area contributed by atoms with Crippen LogP contribution in [0, 0.1) is 23.7 Å². The average Bonchev–Trinajstić information content (AvgIpc) is 2.22. The average molecular weight is 226 g/mol. The molecule has 0 aromatic heterocycles. The molecule has 1 aliphatic carbocycles. The van der Waals surface area contributed by atoms with Gasteiger partial charge in [-0.05, 0) is 12.3 Å². The predicted molar refractivity (Wildman–Crippen MR) is 57.6 cm³/mol. The molecule has 0 aliphatic heterocycles. The van der Waals surface area contributed by atoms with E-state index in [1.54, 1.807) is 6.92 Å². The first kappa shape index (κ1) is 12.9. The number of Topliss-reactive ketones (excluding diaryl/α,β-unsaturated/α-hetero) is 2. The molecule has 0 radical (unpaired) electrons. The van der Waals surface area contributed by atoms with Crippen molar-refractivity contribution in [3.63, 3.8) is 0 Å². The molecule has 4 nitrogen and oxygen atoms in total. The summed E-state index contributed by atoms with van der Waals surface area (Å²) in [5.41, 5.74) is 0. The maximum Gasteiger partial charge on any atom is 0.316 e. The molecule has 16 heavy (non-hydrogen) atoms. The molecule has 0 N–H and O–H groups in total. The Morgan fingerprint density at radius 3 is 2.31 bits per heavy atom. The number of methoxy groups -OCH3 is 1. The number of ether oxygens (including phenoxy) is 1. The number of rotatable bonds is 2. The van der Waals surface area contributed by atoms with E-state index in [1.165, 1.54) is 7.11 Å². The maximum atomic E-state index is 12.0. The maximum absolute atomic E-state index is 12.0. The number of hydrogen-bond acceptors (Lipinski definition) is 4. The second-order valence-corrected chi connectivity index (χ2v) is 4.74. The Morgan fingerprint density at radius 2 is 1.88 bits per heavy atom. The number of carbonyl (C=O) groups is 3. The first-order valence-corrected chi connectivity index (χ1v) is 5.55. The van der Waals surface area contributed by atoms with Crippen molar-refractivity contribution in [3.8, 4) is 0 Å². The van der Waals surface area contributed by atoms with Crippen LogP contribution in [0.3, 0.4) is 0 Å². The number of ketones is 2. The van der Waals surface area contributed by atoms with Crippen LogP contribution in [-0.2, 0) is 19.1 Å². The highest BCUT2D eigenvalue weighted by Gasteiger charge is 2.45. The fourth-order valence-electron chi connectivity index (χ4n) is 2.26. The van der Waals surface area contributed by atoms with Gasteiger partial charge >= 0.3 is 5.97 Å². The third kappa shape index (κ3) is 2.15. The molecular weight excluding hydrogens is 208 g/mol. The van der Waals surface area contributed by atoms with E-state index in [-0.39, 0.29) is 29.8 Å². The van der Waals surface area contributed by atoms with Gasteiger partial charge in [0.15, 0.2) is 5.78 Å². The van der Waals surface area contributed by atoms with Gasteiger partial charge < -0.3 is 4.74 Å². The SMILES string of the molecule is COC(=O)C1CC(C)C(=O)C(C(C)C)C1=O. The van der Waals surface area contributed by atoms with E-state index in [0.29, 0.717) is 0 Å². The fraction of sp³-hybridized carbons (Fsp3) is 0.750. The van der Waals surface area contributed by atoms with Gasteiger partial charge in [-0.25, -0.2) is 0 Å². The van der Waals surface area contributed by atoms with Gasteiger partial charge in [0.2, 0.25) is 0 Å². The van der Waals surface area contributed by atoms with Crippen molar-refractivity contribution in [2.45, 2.75) is 27.2 Å². The van der Waals surface area contributed by atoms with Crippen LogP contribution >= 0.6 is 0 Å². The molecular formula is C12H18O4. The van der Waals surface area contributed by atoms with Crippen LogP contribution in [0.4, 0.5) is 0 Å². The third-order valence-electron chi connectivity index (χ3n) is 3.18. The van der Waals surface area contributed by atoms with E-state index in [2.05, 4.69) is 4.74 Å². The van der Waals surface area contributed by atoms with Crippen LogP contribution in [0.5, 0.6) is 0 Å². The molecule has 0 spiro atoms. The van der Waals surface area contributed by atoms with Gasteiger partial charge in [0.25, 0.3) is 0 Å². The highest BCUT2D eigenvalue weighted by atomic mass is 16.5. The van der Waals surface area contributed by atoms with E-state index in [9.17, 15) is 14.4 Å². The van der Waals surface area contributed by atoms with Crippen LogP contribution in [-0.4, -0.2) is 24.6 Å². The third-order valence-corrected chi connectivity index (χ3v) is 3.18. The van der Waals surface area contributed by atoms with E-state index in [4.69, 9.17) is 0 Å². The number of hydrogen-bond donors (Lipinski definition) is 0. The summed E-state index contributed by atoms with van der Waals surface area (Å²) in [6, 6.07) is 0. The summed E-state index contributed by atoms with van der Waals surface area (Å²) in [4.78, 5) is 35.3. The topological polar surface area (TPSA) is 60.4 Å². The Hall–Kier alpha value is -1.19. The second-order valence-electron chi connectivity index (χ2n) is 4.74. The van der Waals surface area contributed by atoms with Gasteiger partial charge in [0.05, 0.1) is 13.0 Å². The Bertz CT molecular complexity index is 319. The second kappa shape index (κ2) is 4.76. The Kier molecular flexibility index (Phi) is 3.83. The Labute approximate surface area is 95.3 Å². The molecule has 90 valence electrons. The van der Waals surface area contributed by atoms with Crippen molar-refractivity contribution in [3.05, 3.63) is 0 Å². The highest BCUT2D eigenvalue weighted by molar-refractivity contribution is 6.13. The molecule has 0 amide bonds. The van der Waals surface area contributed by atoms with Gasteiger partial charge in [-0.2, -0.15) is 0 Å². The van der Waals surface area contributed by atoms with Crippen molar-refractivity contribution in [1.82, 2.24) is 0 Å². The molecule has 0 saturated heterocycles. The van der Waals surface area contributed by atoms with Crippen molar-refractivity contribution in [2.24, 2.45) is 23.7 Å².